The Bertz CT molecular complexity index is 845. The van der Waals surface area contributed by atoms with Gasteiger partial charge >= 0.3 is 0 Å². The predicted molar refractivity (Wildman–Crippen MR) is 83.6 cm³/mol. The third-order valence-electron chi connectivity index (χ3n) is 3.13. The number of carbonyl (C=O) groups excluding carboxylic acids is 1. The predicted octanol–water partition coefficient (Wildman–Crippen LogP) is 1.60. The minimum absolute atomic E-state index is 0.0599. The van der Waals surface area contributed by atoms with Crippen molar-refractivity contribution in [2.24, 2.45) is 0 Å². The van der Waals surface area contributed by atoms with E-state index in [1.54, 1.807) is 0 Å². The van der Waals surface area contributed by atoms with Crippen LogP contribution in [0.25, 0.3) is 0 Å². The molecule has 0 radical (unpaired) electrons. The lowest BCUT2D eigenvalue weighted by atomic mass is 10.3. The van der Waals surface area contributed by atoms with Crippen molar-refractivity contribution in [3.05, 3.63) is 34.3 Å². The van der Waals surface area contributed by atoms with E-state index in [1.165, 1.54) is 35.7 Å². The van der Waals surface area contributed by atoms with Gasteiger partial charge in [0.15, 0.2) is 11.5 Å². The highest BCUT2D eigenvalue weighted by molar-refractivity contribution is 7.90. The average Bonchev–Trinajstić information content (AvgIpc) is 3.03. The number of hydrogen-bond donors (Lipinski definition) is 1. The maximum Gasteiger partial charge on any atom is 0.276 e. The van der Waals surface area contributed by atoms with E-state index in [1.807, 2.05) is 11.6 Å². The molecule has 0 aliphatic carbocycles. The number of aryl methyl sites for hydroxylation is 1. The van der Waals surface area contributed by atoms with Crippen molar-refractivity contribution in [3.63, 3.8) is 0 Å². The zero-order chi connectivity index (χ0) is 16.4. The molecule has 23 heavy (non-hydrogen) atoms. The van der Waals surface area contributed by atoms with Gasteiger partial charge < -0.3 is 9.47 Å². The van der Waals surface area contributed by atoms with E-state index in [0.29, 0.717) is 31.1 Å². The molecule has 1 amide bonds. The molecule has 1 aromatic carbocycles. The number of carbonyl (C=O) groups is 1. The van der Waals surface area contributed by atoms with Gasteiger partial charge in [-0.15, -0.1) is 11.3 Å². The van der Waals surface area contributed by atoms with Crippen LogP contribution in [0, 0.1) is 0 Å². The molecule has 0 saturated carbocycles. The van der Waals surface area contributed by atoms with Crippen LogP contribution in [0.1, 0.15) is 21.6 Å². The molecule has 1 aliphatic rings. The lowest BCUT2D eigenvalue weighted by molar-refractivity contribution is 0.0985. The van der Waals surface area contributed by atoms with Crippen molar-refractivity contribution in [1.82, 2.24) is 9.71 Å². The molecule has 9 heteroatoms. The molecule has 0 unspecified atom stereocenters. The Labute approximate surface area is 137 Å². The zero-order valence-corrected chi connectivity index (χ0v) is 13.9. The number of rotatable bonds is 4. The van der Waals surface area contributed by atoms with Crippen molar-refractivity contribution < 1.29 is 22.7 Å². The fourth-order valence-corrected chi connectivity index (χ4v) is 3.80. The number of fused-ring (bicyclic) bond motifs is 1. The van der Waals surface area contributed by atoms with E-state index >= 15 is 0 Å². The quantitative estimate of drug-likeness (QED) is 0.896. The lowest BCUT2D eigenvalue weighted by Gasteiger charge is -2.18. The minimum atomic E-state index is -3.99. The van der Waals surface area contributed by atoms with Gasteiger partial charge in [0.2, 0.25) is 0 Å². The van der Waals surface area contributed by atoms with Crippen molar-refractivity contribution in [2.75, 3.05) is 13.2 Å². The van der Waals surface area contributed by atoms with Crippen LogP contribution in [-0.4, -0.2) is 32.5 Å². The second kappa shape index (κ2) is 6.17. The summed E-state index contributed by atoms with van der Waals surface area (Å²) in [5.41, 5.74) is 0. The van der Waals surface area contributed by atoms with Gasteiger partial charge in [0.25, 0.3) is 15.9 Å². The van der Waals surface area contributed by atoms with Gasteiger partial charge in [-0.3, -0.25) is 4.79 Å². The topological polar surface area (TPSA) is 94.6 Å². The Hall–Kier alpha value is -2.13. The van der Waals surface area contributed by atoms with E-state index in [9.17, 15) is 13.2 Å². The van der Waals surface area contributed by atoms with Crippen LogP contribution in [0.5, 0.6) is 11.5 Å². The van der Waals surface area contributed by atoms with Gasteiger partial charge in [0.1, 0.15) is 18.1 Å². The normalized spacial score (nSPS) is 13.6. The van der Waals surface area contributed by atoms with Crippen LogP contribution in [0.4, 0.5) is 0 Å². The Morgan fingerprint density at radius 2 is 2.04 bits per heavy atom. The molecule has 1 N–H and O–H groups in total. The highest BCUT2D eigenvalue weighted by atomic mass is 32.2. The van der Waals surface area contributed by atoms with Crippen LogP contribution in [-0.2, 0) is 16.4 Å². The summed E-state index contributed by atoms with van der Waals surface area (Å²) in [7, 11) is -3.99. The number of aromatic nitrogens is 1. The number of thiazole rings is 1. The smallest absolute Gasteiger partial charge is 0.276 e. The summed E-state index contributed by atoms with van der Waals surface area (Å²) in [4.78, 5) is 16.3. The SMILES string of the molecule is CCc1ncc(C(=O)NS(=O)(=O)c2ccc3c(c2)OCCO3)s1. The summed E-state index contributed by atoms with van der Waals surface area (Å²) in [5, 5.41) is 0.770. The number of sulfonamides is 1. The van der Waals surface area contributed by atoms with E-state index in [4.69, 9.17) is 9.47 Å². The molecular formula is C14H14N2O5S2. The van der Waals surface area contributed by atoms with Crippen LogP contribution >= 0.6 is 11.3 Å². The van der Waals surface area contributed by atoms with Gasteiger partial charge in [-0.1, -0.05) is 6.92 Å². The first kappa shape index (κ1) is 15.8. The number of hydrogen-bond acceptors (Lipinski definition) is 7. The molecule has 0 fully saturated rings. The van der Waals surface area contributed by atoms with Crippen molar-refractivity contribution in [3.8, 4) is 11.5 Å². The molecule has 0 saturated heterocycles. The van der Waals surface area contributed by atoms with E-state index in [-0.39, 0.29) is 9.77 Å². The molecule has 1 aromatic heterocycles. The first-order valence-corrected chi connectivity index (χ1v) is 9.21. The summed E-state index contributed by atoms with van der Waals surface area (Å²) in [6.07, 6.45) is 2.06. The Kier molecular flexibility index (Phi) is 4.22. The summed E-state index contributed by atoms with van der Waals surface area (Å²) >= 11 is 1.17. The summed E-state index contributed by atoms with van der Waals surface area (Å²) < 4.78 is 37.4. The Balaban J connectivity index is 1.82. The maximum absolute atomic E-state index is 12.3. The van der Waals surface area contributed by atoms with Crippen LogP contribution in [0.2, 0.25) is 0 Å². The zero-order valence-electron chi connectivity index (χ0n) is 12.2. The average molecular weight is 354 g/mol. The third-order valence-corrected chi connectivity index (χ3v) is 5.60. The molecule has 2 aromatic rings. The standard InChI is InChI=1S/C14H14N2O5S2/c1-2-13-15-8-12(22-13)14(17)16-23(18,19)9-3-4-10-11(7-9)21-6-5-20-10/h3-4,7-8H,2,5-6H2,1H3,(H,16,17). The van der Waals surface area contributed by atoms with Crippen molar-refractivity contribution in [1.29, 1.82) is 0 Å². The highest BCUT2D eigenvalue weighted by Crippen LogP contribution is 2.32. The van der Waals surface area contributed by atoms with Crippen molar-refractivity contribution >= 4 is 27.3 Å². The molecule has 7 nitrogen and oxygen atoms in total. The Morgan fingerprint density at radius 1 is 1.30 bits per heavy atom. The molecule has 0 atom stereocenters. The second-order valence-corrected chi connectivity index (χ2v) is 7.51. The largest absolute Gasteiger partial charge is 0.486 e. The van der Waals surface area contributed by atoms with Crippen LogP contribution < -0.4 is 14.2 Å². The summed E-state index contributed by atoms with van der Waals surface area (Å²) in [6.45, 7) is 2.68. The monoisotopic (exact) mass is 354 g/mol. The first-order chi connectivity index (χ1) is 11.0. The molecule has 0 spiro atoms. The van der Waals surface area contributed by atoms with Gasteiger partial charge in [-0.05, 0) is 18.6 Å². The van der Waals surface area contributed by atoms with Crippen molar-refractivity contribution in [2.45, 2.75) is 18.2 Å². The fraction of sp³-hybridized carbons (Fsp3) is 0.286. The van der Waals surface area contributed by atoms with Crippen LogP contribution in [0.3, 0.4) is 0 Å². The number of amides is 1. The molecular weight excluding hydrogens is 340 g/mol. The third kappa shape index (κ3) is 3.30. The van der Waals surface area contributed by atoms with Gasteiger partial charge in [-0.25, -0.2) is 18.1 Å². The molecule has 122 valence electrons. The van der Waals surface area contributed by atoms with Gasteiger partial charge in [-0.2, -0.15) is 0 Å². The fourth-order valence-electron chi connectivity index (χ4n) is 2.00. The van der Waals surface area contributed by atoms with E-state index < -0.39 is 15.9 Å². The highest BCUT2D eigenvalue weighted by Gasteiger charge is 2.23. The number of benzene rings is 1. The van der Waals surface area contributed by atoms with E-state index in [2.05, 4.69) is 4.98 Å². The van der Waals surface area contributed by atoms with Crippen LogP contribution in [0.15, 0.2) is 29.3 Å². The van der Waals surface area contributed by atoms with Gasteiger partial charge in [0.05, 0.1) is 16.1 Å². The first-order valence-electron chi connectivity index (χ1n) is 6.91. The lowest BCUT2D eigenvalue weighted by Crippen LogP contribution is -2.30. The molecule has 0 bridgehead atoms. The molecule has 3 rings (SSSR count). The Morgan fingerprint density at radius 3 is 2.74 bits per heavy atom. The number of nitrogens with one attached hydrogen (secondary N) is 1. The molecule has 2 heterocycles. The maximum atomic E-state index is 12.3. The molecule has 1 aliphatic heterocycles. The number of nitrogens with zero attached hydrogens (tertiary/aromatic N) is 1. The second-order valence-electron chi connectivity index (χ2n) is 4.71. The van der Waals surface area contributed by atoms with E-state index in [0.717, 1.165) is 5.01 Å². The minimum Gasteiger partial charge on any atom is -0.486 e. The summed E-state index contributed by atoms with van der Waals surface area (Å²) in [6, 6.07) is 4.22. The summed E-state index contributed by atoms with van der Waals surface area (Å²) in [5.74, 6) is 0.131. The van der Waals surface area contributed by atoms with Gasteiger partial charge in [0, 0.05) is 6.07 Å². The number of ether oxygens (including phenoxy) is 2.